The molecule has 0 radical (unpaired) electrons. The zero-order valence-corrected chi connectivity index (χ0v) is 13.2. The van der Waals surface area contributed by atoms with Gasteiger partial charge >= 0.3 is 6.18 Å². The van der Waals surface area contributed by atoms with Crippen LogP contribution in [-0.4, -0.2) is 12.2 Å². The zero-order valence-electron chi connectivity index (χ0n) is 11.7. The summed E-state index contributed by atoms with van der Waals surface area (Å²) >= 11 is 12.1. The molecule has 3 unspecified atom stereocenters. The highest BCUT2D eigenvalue weighted by atomic mass is 35.5. The lowest BCUT2D eigenvalue weighted by molar-refractivity contribution is -0.183. The number of benzene rings is 1. The average molecular weight is 340 g/mol. The van der Waals surface area contributed by atoms with Gasteiger partial charge < -0.3 is 5.32 Å². The highest BCUT2D eigenvalue weighted by Gasteiger charge is 2.42. The molecule has 2 rings (SSSR count). The second kappa shape index (κ2) is 6.76. The first kappa shape index (κ1) is 16.9. The summed E-state index contributed by atoms with van der Waals surface area (Å²) in [5.74, 6) is -1.20. The zero-order chi connectivity index (χ0) is 15.6. The smallest absolute Gasteiger partial charge is 0.307 e. The molecule has 1 aliphatic rings. The summed E-state index contributed by atoms with van der Waals surface area (Å²) in [6, 6.07) is 5.06. The Hall–Kier alpha value is -0.450. The predicted molar refractivity (Wildman–Crippen MR) is 79.8 cm³/mol. The molecule has 6 heteroatoms. The minimum absolute atomic E-state index is 0.131. The molecule has 118 valence electrons. The number of alkyl halides is 3. The fraction of sp³-hybridized carbons (Fsp3) is 0.600. The molecule has 1 aromatic carbocycles. The average Bonchev–Trinajstić information content (AvgIpc) is 2.41. The van der Waals surface area contributed by atoms with Crippen molar-refractivity contribution in [3.63, 3.8) is 0 Å². The van der Waals surface area contributed by atoms with Crippen molar-refractivity contribution in [1.29, 1.82) is 0 Å². The lowest BCUT2D eigenvalue weighted by Crippen LogP contribution is -2.39. The Bertz CT molecular complexity index is 490. The Morgan fingerprint density at radius 3 is 2.62 bits per heavy atom. The van der Waals surface area contributed by atoms with Gasteiger partial charge in [0.2, 0.25) is 0 Å². The second-order valence-electron chi connectivity index (χ2n) is 5.63. The highest BCUT2D eigenvalue weighted by Crippen LogP contribution is 2.38. The molecule has 1 fully saturated rings. The maximum atomic E-state index is 12.8. The molecule has 0 spiro atoms. The van der Waals surface area contributed by atoms with E-state index in [0.717, 1.165) is 12.0 Å². The largest absolute Gasteiger partial charge is 0.391 e. The van der Waals surface area contributed by atoms with E-state index >= 15 is 0 Å². The molecule has 1 nitrogen and oxygen atoms in total. The number of hydrogen-bond acceptors (Lipinski definition) is 1. The molecule has 21 heavy (non-hydrogen) atoms. The van der Waals surface area contributed by atoms with Crippen molar-refractivity contribution in [2.45, 2.75) is 50.9 Å². The molecule has 0 aromatic heterocycles. The van der Waals surface area contributed by atoms with Crippen LogP contribution >= 0.6 is 23.2 Å². The summed E-state index contributed by atoms with van der Waals surface area (Å²) < 4.78 is 38.5. The topological polar surface area (TPSA) is 12.0 Å². The van der Waals surface area contributed by atoms with Crippen LogP contribution in [0.25, 0.3) is 0 Å². The molecular weight excluding hydrogens is 322 g/mol. The maximum absolute atomic E-state index is 12.8. The Morgan fingerprint density at radius 1 is 1.24 bits per heavy atom. The first-order chi connectivity index (χ1) is 9.79. The number of halogens is 5. The molecule has 1 aromatic rings. The van der Waals surface area contributed by atoms with E-state index in [1.807, 2.05) is 13.0 Å². The van der Waals surface area contributed by atoms with E-state index in [4.69, 9.17) is 23.2 Å². The molecule has 1 aliphatic carbocycles. The molecule has 0 aliphatic heterocycles. The van der Waals surface area contributed by atoms with Crippen LogP contribution in [0.15, 0.2) is 18.2 Å². The van der Waals surface area contributed by atoms with Gasteiger partial charge in [-0.05, 0) is 37.8 Å². The number of rotatable bonds is 3. The maximum Gasteiger partial charge on any atom is 0.391 e. The van der Waals surface area contributed by atoms with Gasteiger partial charge in [0, 0.05) is 12.1 Å². The van der Waals surface area contributed by atoms with Crippen molar-refractivity contribution in [3.8, 4) is 0 Å². The van der Waals surface area contributed by atoms with Crippen molar-refractivity contribution in [2.24, 2.45) is 5.92 Å². The van der Waals surface area contributed by atoms with Crippen molar-refractivity contribution in [3.05, 3.63) is 33.8 Å². The first-order valence-corrected chi connectivity index (χ1v) is 7.81. The normalized spacial score (nSPS) is 24.9. The Kier molecular flexibility index (Phi) is 5.44. The van der Waals surface area contributed by atoms with E-state index in [2.05, 4.69) is 5.32 Å². The van der Waals surface area contributed by atoms with Crippen LogP contribution < -0.4 is 5.32 Å². The Balaban J connectivity index is 2.02. The van der Waals surface area contributed by atoms with Crippen LogP contribution in [0.1, 0.15) is 44.2 Å². The van der Waals surface area contributed by atoms with E-state index in [9.17, 15) is 13.2 Å². The summed E-state index contributed by atoms with van der Waals surface area (Å²) in [6.07, 6.45) is -2.38. The van der Waals surface area contributed by atoms with Gasteiger partial charge in [-0.1, -0.05) is 41.8 Å². The van der Waals surface area contributed by atoms with E-state index in [0.29, 0.717) is 16.5 Å². The van der Waals surface area contributed by atoms with Crippen LogP contribution in [-0.2, 0) is 0 Å². The lowest BCUT2D eigenvalue weighted by Gasteiger charge is -2.33. The van der Waals surface area contributed by atoms with Crippen LogP contribution in [0, 0.1) is 5.92 Å². The molecule has 0 saturated heterocycles. The van der Waals surface area contributed by atoms with Crippen LogP contribution in [0.4, 0.5) is 13.2 Å². The molecule has 1 saturated carbocycles. The van der Waals surface area contributed by atoms with Crippen molar-refractivity contribution >= 4 is 23.2 Å². The summed E-state index contributed by atoms with van der Waals surface area (Å²) in [5.41, 5.74) is 0.818. The first-order valence-electron chi connectivity index (χ1n) is 7.05. The van der Waals surface area contributed by atoms with E-state index in [-0.39, 0.29) is 24.9 Å². The van der Waals surface area contributed by atoms with E-state index < -0.39 is 12.1 Å². The monoisotopic (exact) mass is 339 g/mol. The van der Waals surface area contributed by atoms with Gasteiger partial charge in [0.05, 0.1) is 16.0 Å². The second-order valence-corrected chi connectivity index (χ2v) is 6.42. The summed E-state index contributed by atoms with van der Waals surface area (Å²) in [6.45, 7) is 1.90. The Morgan fingerprint density at radius 2 is 1.95 bits per heavy atom. The van der Waals surface area contributed by atoms with Gasteiger partial charge in [0.1, 0.15) is 0 Å². The molecule has 0 heterocycles. The van der Waals surface area contributed by atoms with Crippen LogP contribution in [0.5, 0.6) is 0 Å². The van der Waals surface area contributed by atoms with Gasteiger partial charge in [0.15, 0.2) is 0 Å². The molecule has 3 atom stereocenters. The number of nitrogens with one attached hydrogen (secondary N) is 1. The lowest BCUT2D eigenvalue weighted by atomic mass is 9.85. The minimum Gasteiger partial charge on any atom is -0.307 e. The molecular formula is C15H18Cl2F3N. The molecule has 1 N–H and O–H groups in total. The molecule has 0 amide bonds. The van der Waals surface area contributed by atoms with Crippen LogP contribution in [0.2, 0.25) is 10.0 Å². The van der Waals surface area contributed by atoms with Gasteiger partial charge in [-0.15, -0.1) is 0 Å². The van der Waals surface area contributed by atoms with E-state index in [1.54, 1.807) is 12.1 Å². The number of hydrogen-bond donors (Lipinski definition) is 1. The van der Waals surface area contributed by atoms with Crippen molar-refractivity contribution in [2.75, 3.05) is 0 Å². The standard InChI is InChI=1S/C15H18Cl2F3N/c1-9(12-6-3-7-13(16)14(12)17)21-11-5-2-4-10(8-11)15(18,19)20/h3,6-7,9-11,21H,2,4-5,8H2,1H3. The quantitative estimate of drug-likeness (QED) is 0.737. The predicted octanol–water partition coefficient (Wildman–Crippen LogP) is 5.77. The van der Waals surface area contributed by atoms with Gasteiger partial charge in [0.25, 0.3) is 0 Å². The summed E-state index contributed by atoms with van der Waals surface area (Å²) in [7, 11) is 0. The minimum atomic E-state index is -4.10. The fourth-order valence-electron chi connectivity index (χ4n) is 2.94. The van der Waals surface area contributed by atoms with Gasteiger partial charge in [-0.3, -0.25) is 0 Å². The van der Waals surface area contributed by atoms with Gasteiger partial charge in [-0.2, -0.15) is 13.2 Å². The summed E-state index contributed by atoms with van der Waals surface area (Å²) in [4.78, 5) is 0. The highest BCUT2D eigenvalue weighted by molar-refractivity contribution is 6.42. The van der Waals surface area contributed by atoms with Crippen LogP contribution in [0.3, 0.4) is 0 Å². The third-order valence-corrected chi connectivity index (χ3v) is 4.90. The summed E-state index contributed by atoms with van der Waals surface area (Å²) in [5, 5.41) is 4.18. The van der Waals surface area contributed by atoms with Crippen molar-refractivity contribution < 1.29 is 13.2 Å². The molecule has 0 bridgehead atoms. The Labute approximate surface area is 132 Å². The SMILES string of the molecule is CC(NC1CCCC(C(F)(F)F)C1)c1cccc(Cl)c1Cl. The van der Waals surface area contributed by atoms with Crippen molar-refractivity contribution in [1.82, 2.24) is 5.32 Å². The third kappa shape index (κ3) is 4.27. The fourth-order valence-corrected chi connectivity index (χ4v) is 3.41. The van der Waals surface area contributed by atoms with E-state index in [1.165, 1.54) is 0 Å². The van der Waals surface area contributed by atoms with Gasteiger partial charge in [-0.25, -0.2) is 0 Å². The third-order valence-electron chi connectivity index (χ3n) is 4.07.